The van der Waals surface area contributed by atoms with Crippen LogP contribution in [0.2, 0.25) is 0 Å². The fourth-order valence-electron chi connectivity index (χ4n) is 3.60. The highest BCUT2D eigenvalue weighted by Gasteiger charge is 2.28. The number of carbonyl (C=O) groups is 1. The minimum Gasteiger partial charge on any atom is -0.506 e. The van der Waals surface area contributed by atoms with Crippen molar-refractivity contribution in [1.29, 1.82) is 0 Å². The number of phenolic OH excluding ortho intramolecular Hbond substituents is 1. The van der Waals surface area contributed by atoms with Gasteiger partial charge in [0.25, 0.3) is 0 Å². The first kappa shape index (κ1) is 24.6. The molecule has 0 saturated heterocycles. The molecule has 1 unspecified atom stereocenters. The summed E-state index contributed by atoms with van der Waals surface area (Å²) in [6.45, 7) is 1.79. The third kappa shape index (κ3) is 4.83. The van der Waals surface area contributed by atoms with Crippen LogP contribution in [0.4, 0.5) is 0 Å². The minimum atomic E-state index is -1.54. The summed E-state index contributed by atoms with van der Waals surface area (Å²) in [4.78, 5) is 17.6. The van der Waals surface area contributed by atoms with Crippen LogP contribution in [-0.2, 0) is 34.9 Å². The van der Waals surface area contributed by atoms with E-state index in [9.17, 15) is 14.1 Å². The molecule has 1 aromatic heterocycles. The van der Waals surface area contributed by atoms with E-state index in [1.54, 1.807) is 48.9 Å². The number of ether oxygens (including phenoxy) is 2. The molecule has 1 heterocycles. The highest BCUT2D eigenvalue weighted by atomic mass is 79.9. The van der Waals surface area contributed by atoms with E-state index in [-0.39, 0.29) is 36.2 Å². The Balaban J connectivity index is 2.28. The molecule has 0 bridgehead atoms. The molecule has 176 valence electrons. The Bertz CT molecular complexity index is 1270. The number of halogens is 1. The van der Waals surface area contributed by atoms with Gasteiger partial charge in [-0.2, -0.15) is 0 Å². The lowest BCUT2D eigenvalue weighted by Crippen LogP contribution is -2.22. The molecule has 3 rings (SSSR count). The number of phenols is 1. The van der Waals surface area contributed by atoms with E-state index < -0.39 is 16.8 Å². The zero-order valence-electron chi connectivity index (χ0n) is 18.4. The molecule has 9 nitrogen and oxygen atoms in total. The number of fused-ring (bicyclic) bond motifs is 1. The maximum absolute atomic E-state index is 13.3. The van der Waals surface area contributed by atoms with Crippen LogP contribution in [-0.4, -0.2) is 39.5 Å². The van der Waals surface area contributed by atoms with E-state index in [1.807, 2.05) is 0 Å². The Morgan fingerprint density at radius 3 is 2.64 bits per heavy atom. The third-order valence-electron chi connectivity index (χ3n) is 5.12. The molecule has 0 radical (unpaired) electrons. The van der Waals surface area contributed by atoms with E-state index in [2.05, 4.69) is 20.9 Å². The van der Waals surface area contributed by atoms with Crippen molar-refractivity contribution in [2.75, 3.05) is 13.7 Å². The van der Waals surface area contributed by atoms with Gasteiger partial charge < -0.3 is 30.6 Å². The van der Waals surface area contributed by atoms with Crippen LogP contribution in [0.3, 0.4) is 0 Å². The molecule has 2 aromatic carbocycles. The number of nitrogens with zero attached hydrogens (tertiary/aromatic N) is 2. The molecule has 11 heteroatoms. The molecule has 33 heavy (non-hydrogen) atoms. The number of hydrogen-bond acceptors (Lipinski definition) is 6. The molecule has 0 spiro atoms. The van der Waals surface area contributed by atoms with Gasteiger partial charge in [0.2, 0.25) is 0 Å². The van der Waals surface area contributed by atoms with Crippen molar-refractivity contribution in [2.45, 2.75) is 24.1 Å². The fourth-order valence-corrected chi connectivity index (χ4v) is 5.41. The Labute approximate surface area is 202 Å². The third-order valence-corrected chi connectivity index (χ3v) is 7.09. The number of aryl methyl sites for hydroxylation is 1. The number of aromatic hydroxyl groups is 1. The number of hydrogen-bond donors (Lipinski definition) is 3. The number of guanidine groups is 1. The summed E-state index contributed by atoms with van der Waals surface area (Å²) >= 11 is 3.35. The van der Waals surface area contributed by atoms with Gasteiger partial charge in [-0.15, -0.1) is 0 Å². The molecule has 0 saturated carbocycles. The van der Waals surface area contributed by atoms with Crippen LogP contribution in [0.5, 0.6) is 11.5 Å². The van der Waals surface area contributed by atoms with Crippen molar-refractivity contribution in [3.63, 3.8) is 0 Å². The summed E-state index contributed by atoms with van der Waals surface area (Å²) in [5.41, 5.74) is 12.7. The van der Waals surface area contributed by atoms with Gasteiger partial charge in [0.15, 0.2) is 5.96 Å². The van der Waals surface area contributed by atoms with Gasteiger partial charge in [0.05, 0.1) is 57.3 Å². The molecule has 0 aliphatic carbocycles. The molecule has 1 atom stereocenters. The minimum absolute atomic E-state index is 0.0137. The molecular formula is C22H25BrN4O5S. The van der Waals surface area contributed by atoms with Crippen molar-refractivity contribution in [3.05, 3.63) is 51.6 Å². The first-order valence-corrected chi connectivity index (χ1v) is 12.1. The van der Waals surface area contributed by atoms with Gasteiger partial charge in [-0.1, -0.05) is 12.1 Å². The number of nitrogens with two attached hydrogens (primary N) is 2. The van der Waals surface area contributed by atoms with Gasteiger partial charge in [0, 0.05) is 23.7 Å². The van der Waals surface area contributed by atoms with Crippen LogP contribution < -0.4 is 16.2 Å². The normalized spacial score (nSPS) is 11.9. The molecular weight excluding hydrogens is 512 g/mol. The monoisotopic (exact) mass is 536 g/mol. The van der Waals surface area contributed by atoms with Crippen LogP contribution in [0.25, 0.3) is 10.9 Å². The lowest BCUT2D eigenvalue weighted by molar-refractivity contribution is 0.0527. The second-order valence-electron chi connectivity index (χ2n) is 7.06. The highest BCUT2D eigenvalue weighted by Crippen LogP contribution is 2.40. The largest absolute Gasteiger partial charge is 0.506 e. The van der Waals surface area contributed by atoms with Crippen LogP contribution in [0, 0.1) is 0 Å². The van der Waals surface area contributed by atoms with E-state index in [0.717, 1.165) is 0 Å². The molecule has 0 aliphatic heterocycles. The highest BCUT2D eigenvalue weighted by molar-refractivity contribution is 9.10. The quantitative estimate of drug-likeness (QED) is 0.228. The van der Waals surface area contributed by atoms with Gasteiger partial charge in [0.1, 0.15) is 11.5 Å². The Kier molecular flexibility index (Phi) is 7.65. The van der Waals surface area contributed by atoms with Crippen LogP contribution in [0.15, 0.2) is 44.7 Å². The summed E-state index contributed by atoms with van der Waals surface area (Å²) in [5, 5.41) is 11.2. The molecule has 0 fully saturated rings. The van der Waals surface area contributed by atoms with Crippen molar-refractivity contribution in [1.82, 2.24) is 4.57 Å². The van der Waals surface area contributed by atoms with Crippen LogP contribution in [0.1, 0.15) is 28.5 Å². The van der Waals surface area contributed by atoms with Gasteiger partial charge >= 0.3 is 5.97 Å². The molecule has 0 aliphatic rings. The SMILES string of the molecule is CCOC(=O)c1c(CS(=O)c2ccccc2OC)n(C)c2cc(Br)c(O)c(CN=C(N)N)c12. The summed E-state index contributed by atoms with van der Waals surface area (Å²) in [7, 11) is 1.73. The predicted molar refractivity (Wildman–Crippen MR) is 131 cm³/mol. The average Bonchev–Trinajstić information content (AvgIpc) is 3.05. The maximum Gasteiger partial charge on any atom is 0.340 e. The van der Waals surface area contributed by atoms with Gasteiger partial charge in [-0.25, -0.2) is 9.79 Å². The first-order valence-electron chi connectivity index (χ1n) is 9.96. The van der Waals surface area contributed by atoms with Gasteiger partial charge in [-0.3, -0.25) is 4.21 Å². The predicted octanol–water partition coefficient (Wildman–Crippen LogP) is 2.91. The second-order valence-corrected chi connectivity index (χ2v) is 9.34. The number of para-hydroxylation sites is 1. The van der Waals surface area contributed by atoms with Crippen molar-refractivity contribution >= 4 is 49.6 Å². The van der Waals surface area contributed by atoms with E-state index >= 15 is 0 Å². The van der Waals surface area contributed by atoms with E-state index in [4.69, 9.17) is 20.9 Å². The molecule has 0 amide bonds. The first-order chi connectivity index (χ1) is 15.7. The summed E-state index contributed by atoms with van der Waals surface area (Å²) in [6, 6.07) is 8.68. The van der Waals surface area contributed by atoms with E-state index in [0.29, 0.717) is 37.3 Å². The number of methoxy groups -OCH3 is 1. The van der Waals surface area contributed by atoms with E-state index in [1.165, 1.54) is 7.11 Å². The van der Waals surface area contributed by atoms with Gasteiger partial charge in [-0.05, 0) is 41.1 Å². The van der Waals surface area contributed by atoms with Crippen molar-refractivity contribution in [2.24, 2.45) is 23.5 Å². The lowest BCUT2D eigenvalue weighted by atomic mass is 10.0. The number of benzene rings is 2. The average molecular weight is 537 g/mol. The number of carbonyl (C=O) groups excluding carboxylic acids is 1. The summed E-state index contributed by atoms with van der Waals surface area (Å²) in [5.74, 6) is -0.349. The second kappa shape index (κ2) is 10.3. The summed E-state index contributed by atoms with van der Waals surface area (Å²) < 4.78 is 26.2. The Morgan fingerprint density at radius 1 is 1.30 bits per heavy atom. The summed E-state index contributed by atoms with van der Waals surface area (Å²) in [6.07, 6.45) is 0. The Morgan fingerprint density at radius 2 is 2.00 bits per heavy atom. The topological polar surface area (TPSA) is 142 Å². The smallest absolute Gasteiger partial charge is 0.340 e. The number of aromatic nitrogens is 1. The fraction of sp³-hybridized carbons (Fsp3) is 0.273. The standard InChI is InChI=1S/C22H25BrN4O5S/c1-4-32-21(29)19-15(11-33(30)17-8-6-5-7-16(17)31-3)27(2)14-9-13(23)20(28)12(18(14)19)10-26-22(24)25/h5-9,28H,4,10-11H2,1-3H3,(H4,24,25,26). The Hall–Kier alpha value is -3.05. The molecule has 3 aromatic rings. The van der Waals surface area contributed by atoms with Crippen molar-refractivity contribution in [3.8, 4) is 11.5 Å². The zero-order valence-corrected chi connectivity index (χ0v) is 20.8. The maximum atomic E-state index is 13.3. The van der Waals surface area contributed by atoms with Crippen molar-refractivity contribution < 1.29 is 23.6 Å². The number of aliphatic imine (C=N–C) groups is 1. The molecule has 5 N–H and O–H groups in total. The van der Waals surface area contributed by atoms with Crippen LogP contribution >= 0.6 is 15.9 Å². The number of esters is 1. The number of rotatable bonds is 8. The zero-order chi connectivity index (χ0) is 24.3. The lowest BCUT2D eigenvalue weighted by Gasteiger charge is -2.11.